The van der Waals surface area contributed by atoms with E-state index in [1.165, 1.54) is 23.9 Å². The number of fused-ring (bicyclic) bond motifs is 1. The third kappa shape index (κ3) is 3.09. The van der Waals surface area contributed by atoms with Crippen LogP contribution < -0.4 is 5.73 Å². The Bertz CT molecular complexity index is 623. The van der Waals surface area contributed by atoms with Crippen molar-refractivity contribution in [3.63, 3.8) is 0 Å². The van der Waals surface area contributed by atoms with Crippen LogP contribution in [0.4, 0.5) is 0 Å². The van der Waals surface area contributed by atoms with Gasteiger partial charge in [0.05, 0.1) is 5.52 Å². The highest BCUT2D eigenvalue weighted by molar-refractivity contribution is 5.82. The normalized spacial score (nSPS) is 23.6. The Balaban J connectivity index is 1.85. The summed E-state index contributed by atoms with van der Waals surface area (Å²) in [6.07, 6.45) is 1.25. The fourth-order valence-corrected chi connectivity index (χ4v) is 3.44. The summed E-state index contributed by atoms with van der Waals surface area (Å²) < 4.78 is 0. The zero-order chi connectivity index (χ0) is 14.8. The van der Waals surface area contributed by atoms with Crippen LogP contribution in [0.5, 0.6) is 0 Å². The Kier molecular flexibility index (Phi) is 4.22. The molecule has 2 atom stereocenters. The lowest BCUT2D eigenvalue weighted by Crippen LogP contribution is -2.42. The van der Waals surface area contributed by atoms with E-state index in [9.17, 15) is 0 Å². The van der Waals surface area contributed by atoms with Crippen molar-refractivity contribution in [1.82, 2.24) is 9.88 Å². The smallest absolute Gasteiger partial charge is 0.0708 e. The van der Waals surface area contributed by atoms with Crippen molar-refractivity contribution in [3.8, 4) is 0 Å². The van der Waals surface area contributed by atoms with Gasteiger partial charge in [0.1, 0.15) is 0 Å². The van der Waals surface area contributed by atoms with E-state index in [0.717, 1.165) is 36.8 Å². The van der Waals surface area contributed by atoms with Crippen molar-refractivity contribution < 1.29 is 0 Å². The lowest BCUT2D eigenvalue weighted by molar-refractivity contribution is 0.126. The molecule has 3 heteroatoms. The molecular formula is C18H25N3. The largest absolute Gasteiger partial charge is 0.330 e. The molecule has 2 heterocycles. The van der Waals surface area contributed by atoms with Crippen molar-refractivity contribution in [2.45, 2.75) is 26.8 Å². The summed E-state index contributed by atoms with van der Waals surface area (Å²) in [4.78, 5) is 7.19. The minimum Gasteiger partial charge on any atom is -0.330 e. The van der Waals surface area contributed by atoms with E-state index in [1.807, 2.05) is 0 Å². The van der Waals surface area contributed by atoms with Gasteiger partial charge < -0.3 is 5.73 Å². The molecule has 0 radical (unpaired) electrons. The molecule has 2 aromatic rings. The molecule has 1 fully saturated rings. The standard InChI is InChI=1S/C18H25N3/c1-13-7-8-21(12-16(13)10-19)11-15-9-14(2)20-18-6-4-3-5-17(15)18/h3-6,9,13,16H,7-8,10-12,19H2,1-2H3. The fraction of sp³-hybridized carbons (Fsp3) is 0.500. The van der Waals surface area contributed by atoms with Crippen LogP contribution in [-0.2, 0) is 6.54 Å². The number of rotatable bonds is 3. The molecule has 0 amide bonds. The van der Waals surface area contributed by atoms with Crippen molar-refractivity contribution in [2.24, 2.45) is 17.6 Å². The predicted octanol–water partition coefficient (Wildman–Crippen LogP) is 2.96. The highest BCUT2D eigenvalue weighted by Crippen LogP contribution is 2.25. The van der Waals surface area contributed by atoms with Gasteiger partial charge in [0.25, 0.3) is 0 Å². The number of aryl methyl sites for hydroxylation is 1. The Morgan fingerprint density at radius 2 is 2.14 bits per heavy atom. The molecule has 112 valence electrons. The molecule has 0 saturated carbocycles. The number of nitrogens with zero attached hydrogens (tertiary/aromatic N) is 2. The molecule has 3 rings (SSSR count). The average Bonchev–Trinajstić information content (AvgIpc) is 2.49. The van der Waals surface area contributed by atoms with Crippen LogP contribution in [0, 0.1) is 18.8 Å². The molecule has 21 heavy (non-hydrogen) atoms. The van der Waals surface area contributed by atoms with Gasteiger partial charge in [-0.1, -0.05) is 25.1 Å². The van der Waals surface area contributed by atoms with Gasteiger partial charge in [-0.15, -0.1) is 0 Å². The molecule has 1 aromatic carbocycles. The fourth-order valence-electron chi connectivity index (χ4n) is 3.44. The summed E-state index contributed by atoms with van der Waals surface area (Å²) in [7, 11) is 0. The third-order valence-electron chi connectivity index (χ3n) is 4.82. The summed E-state index contributed by atoms with van der Waals surface area (Å²) in [6.45, 7) is 8.51. The van der Waals surface area contributed by atoms with Gasteiger partial charge in [0, 0.05) is 24.2 Å². The van der Waals surface area contributed by atoms with Crippen LogP contribution in [0.1, 0.15) is 24.6 Å². The number of para-hydroxylation sites is 1. The first-order valence-electron chi connectivity index (χ1n) is 7.95. The highest BCUT2D eigenvalue weighted by atomic mass is 15.1. The topological polar surface area (TPSA) is 42.1 Å². The zero-order valence-corrected chi connectivity index (χ0v) is 13.0. The lowest BCUT2D eigenvalue weighted by atomic mass is 9.87. The molecule has 1 aliphatic rings. The van der Waals surface area contributed by atoms with Crippen molar-refractivity contribution in [1.29, 1.82) is 0 Å². The molecule has 0 spiro atoms. The maximum atomic E-state index is 5.93. The number of pyridine rings is 1. The molecule has 0 bridgehead atoms. The van der Waals surface area contributed by atoms with Gasteiger partial charge in [0.15, 0.2) is 0 Å². The van der Waals surface area contributed by atoms with E-state index in [0.29, 0.717) is 5.92 Å². The molecular weight excluding hydrogens is 258 g/mol. The van der Waals surface area contributed by atoms with Gasteiger partial charge in [-0.05, 0) is 56.0 Å². The van der Waals surface area contributed by atoms with Gasteiger partial charge in [-0.3, -0.25) is 9.88 Å². The third-order valence-corrected chi connectivity index (χ3v) is 4.82. The predicted molar refractivity (Wildman–Crippen MR) is 88.1 cm³/mol. The van der Waals surface area contributed by atoms with Gasteiger partial charge >= 0.3 is 0 Å². The number of aromatic nitrogens is 1. The van der Waals surface area contributed by atoms with Crippen LogP contribution in [0.25, 0.3) is 10.9 Å². The molecule has 1 aliphatic heterocycles. The molecule has 1 saturated heterocycles. The number of likely N-dealkylation sites (tertiary alicyclic amines) is 1. The van der Waals surface area contributed by atoms with Crippen LogP contribution in [-0.4, -0.2) is 29.5 Å². The van der Waals surface area contributed by atoms with Gasteiger partial charge in [-0.2, -0.15) is 0 Å². The molecule has 1 aromatic heterocycles. The number of piperidine rings is 1. The van der Waals surface area contributed by atoms with E-state index in [1.54, 1.807) is 0 Å². The number of benzene rings is 1. The Labute approximate surface area is 127 Å². The van der Waals surface area contributed by atoms with Crippen molar-refractivity contribution in [2.75, 3.05) is 19.6 Å². The van der Waals surface area contributed by atoms with Gasteiger partial charge in [0.2, 0.25) is 0 Å². The van der Waals surface area contributed by atoms with Gasteiger partial charge in [-0.25, -0.2) is 0 Å². The zero-order valence-electron chi connectivity index (χ0n) is 13.0. The number of hydrogen-bond donors (Lipinski definition) is 1. The summed E-state index contributed by atoms with van der Waals surface area (Å²) in [6, 6.07) is 10.7. The van der Waals surface area contributed by atoms with Crippen LogP contribution in [0.3, 0.4) is 0 Å². The summed E-state index contributed by atoms with van der Waals surface area (Å²) >= 11 is 0. The van der Waals surface area contributed by atoms with E-state index in [4.69, 9.17) is 5.73 Å². The quantitative estimate of drug-likeness (QED) is 0.941. The Hall–Kier alpha value is -1.45. The van der Waals surface area contributed by atoms with Crippen LogP contribution in [0.2, 0.25) is 0 Å². The van der Waals surface area contributed by atoms with E-state index in [-0.39, 0.29) is 0 Å². The first kappa shape index (κ1) is 14.5. The first-order valence-corrected chi connectivity index (χ1v) is 7.95. The van der Waals surface area contributed by atoms with Crippen LogP contribution >= 0.6 is 0 Å². The van der Waals surface area contributed by atoms with E-state index in [2.05, 4.69) is 54.1 Å². The maximum absolute atomic E-state index is 5.93. The summed E-state index contributed by atoms with van der Waals surface area (Å²) in [5.41, 5.74) is 9.53. The molecule has 0 aliphatic carbocycles. The SMILES string of the molecule is Cc1cc(CN2CCC(C)C(CN)C2)c2ccccc2n1. The van der Waals surface area contributed by atoms with Crippen LogP contribution in [0.15, 0.2) is 30.3 Å². The second-order valence-corrected chi connectivity index (χ2v) is 6.44. The van der Waals surface area contributed by atoms with Crippen molar-refractivity contribution in [3.05, 3.63) is 41.6 Å². The Morgan fingerprint density at radius 3 is 2.95 bits per heavy atom. The lowest BCUT2D eigenvalue weighted by Gasteiger charge is -2.36. The second-order valence-electron chi connectivity index (χ2n) is 6.44. The van der Waals surface area contributed by atoms with E-state index < -0.39 is 0 Å². The summed E-state index contributed by atoms with van der Waals surface area (Å²) in [5.74, 6) is 1.38. The van der Waals surface area contributed by atoms with E-state index >= 15 is 0 Å². The van der Waals surface area contributed by atoms with Crippen molar-refractivity contribution >= 4 is 10.9 Å². The number of nitrogens with two attached hydrogens (primary N) is 1. The maximum Gasteiger partial charge on any atom is 0.0708 e. The Morgan fingerprint density at radius 1 is 1.33 bits per heavy atom. The minimum absolute atomic E-state index is 0.632. The molecule has 3 nitrogen and oxygen atoms in total. The second kappa shape index (κ2) is 6.12. The molecule has 2 N–H and O–H groups in total. The first-order chi connectivity index (χ1) is 10.2. The summed E-state index contributed by atoms with van der Waals surface area (Å²) in [5, 5.41) is 1.28. The number of hydrogen-bond acceptors (Lipinski definition) is 3. The molecule has 2 unspecified atom stereocenters. The minimum atomic E-state index is 0.632. The average molecular weight is 283 g/mol. The monoisotopic (exact) mass is 283 g/mol. The highest BCUT2D eigenvalue weighted by Gasteiger charge is 2.25.